The molecule has 7 heteroatoms. The Morgan fingerprint density at radius 3 is 2.88 bits per heavy atom. The Kier molecular flexibility index (Phi) is 4.92. The van der Waals surface area contributed by atoms with Crippen molar-refractivity contribution in [1.82, 2.24) is 10.3 Å². The summed E-state index contributed by atoms with van der Waals surface area (Å²) in [6.45, 7) is 0.501. The summed E-state index contributed by atoms with van der Waals surface area (Å²) in [6, 6.07) is 8.37. The predicted molar refractivity (Wildman–Crippen MR) is 86.9 cm³/mol. The fourth-order valence-electron chi connectivity index (χ4n) is 2.71. The summed E-state index contributed by atoms with van der Waals surface area (Å²) in [5, 5.41) is 2.84. The van der Waals surface area contributed by atoms with Crippen LogP contribution < -0.4 is 10.1 Å². The lowest BCUT2D eigenvalue weighted by molar-refractivity contribution is 0.0594. The molecule has 25 heavy (non-hydrogen) atoms. The summed E-state index contributed by atoms with van der Waals surface area (Å²) >= 11 is 0. The molecule has 3 rings (SSSR count). The second-order valence-corrected chi connectivity index (χ2v) is 5.60. The van der Waals surface area contributed by atoms with Crippen molar-refractivity contribution in [2.45, 2.75) is 18.9 Å². The molecule has 2 heterocycles. The number of benzene rings is 1. The second-order valence-electron chi connectivity index (χ2n) is 5.60. The molecule has 1 aliphatic rings. The molecular weight excluding hydrogens is 327 g/mol. The highest BCUT2D eigenvalue weighted by Crippen LogP contribution is 2.32. The first-order chi connectivity index (χ1) is 12.1. The van der Waals surface area contributed by atoms with E-state index in [-0.39, 0.29) is 11.4 Å². The Hall–Kier alpha value is -2.96. The molecule has 1 atom stereocenters. The van der Waals surface area contributed by atoms with Gasteiger partial charge >= 0.3 is 5.97 Å². The Balaban J connectivity index is 1.84. The molecule has 0 unspecified atom stereocenters. The normalized spacial score (nSPS) is 16.2. The molecule has 0 radical (unpaired) electrons. The molecule has 2 aromatic rings. The average Bonchev–Trinajstić information content (AvgIpc) is 2.83. The smallest absolute Gasteiger partial charge is 0.356 e. The average molecular weight is 344 g/mol. The highest BCUT2D eigenvalue weighted by Gasteiger charge is 2.23. The lowest BCUT2D eigenvalue weighted by atomic mass is 10.0. The van der Waals surface area contributed by atoms with Gasteiger partial charge in [0.25, 0.3) is 5.91 Å². The second kappa shape index (κ2) is 7.29. The first-order valence-electron chi connectivity index (χ1n) is 7.87. The first-order valence-corrected chi connectivity index (χ1v) is 7.87. The lowest BCUT2D eigenvalue weighted by Crippen LogP contribution is -2.29. The number of rotatable bonds is 3. The summed E-state index contributed by atoms with van der Waals surface area (Å²) in [6.07, 6.45) is 1.33. The molecule has 0 spiro atoms. The Bertz CT molecular complexity index is 809. The predicted octanol–water partition coefficient (Wildman–Crippen LogP) is 2.65. The summed E-state index contributed by atoms with van der Waals surface area (Å²) in [4.78, 5) is 28.1. The standard InChI is InChI=1S/C18H17FN2O4/c1-24-18(23)15-5-2-4-14(20-15)17(22)21-13-6-3-9-25-16-8-7-11(19)10-12(13)16/h2,4-5,7-8,10,13H,3,6,9H2,1H3,(H,21,22)/t13-/m1/s1. The van der Waals surface area contributed by atoms with Gasteiger partial charge in [-0.15, -0.1) is 0 Å². The maximum absolute atomic E-state index is 13.6. The van der Waals surface area contributed by atoms with Gasteiger partial charge in [-0.3, -0.25) is 4.79 Å². The third kappa shape index (κ3) is 3.76. The maximum Gasteiger partial charge on any atom is 0.356 e. The zero-order valence-corrected chi connectivity index (χ0v) is 13.6. The number of carbonyl (C=O) groups excluding carboxylic acids is 2. The topological polar surface area (TPSA) is 77.5 Å². The maximum atomic E-state index is 13.6. The van der Waals surface area contributed by atoms with E-state index >= 15 is 0 Å². The van der Waals surface area contributed by atoms with Crippen LogP contribution >= 0.6 is 0 Å². The minimum absolute atomic E-state index is 0.0470. The quantitative estimate of drug-likeness (QED) is 0.866. The van der Waals surface area contributed by atoms with Gasteiger partial charge in [0.05, 0.1) is 19.8 Å². The minimum atomic E-state index is -0.620. The molecule has 1 amide bonds. The van der Waals surface area contributed by atoms with Crippen molar-refractivity contribution in [3.63, 3.8) is 0 Å². The molecule has 0 bridgehead atoms. The highest BCUT2D eigenvalue weighted by atomic mass is 19.1. The van der Waals surface area contributed by atoms with Gasteiger partial charge in [-0.25, -0.2) is 14.2 Å². The van der Waals surface area contributed by atoms with Gasteiger partial charge in [-0.1, -0.05) is 6.07 Å². The zero-order valence-electron chi connectivity index (χ0n) is 13.6. The molecule has 1 aliphatic heterocycles. The molecule has 0 aliphatic carbocycles. The summed E-state index contributed by atoms with van der Waals surface area (Å²) in [5.41, 5.74) is 0.729. The van der Waals surface area contributed by atoms with Crippen LogP contribution in [0.2, 0.25) is 0 Å². The Morgan fingerprint density at radius 1 is 1.28 bits per heavy atom. The van der Waals surface area contributed by atoms with Crippen LogP contribution in [-0.2, 0) is 4.74 Å². The van der Waals surface area contributed by atoms with Crippen LogP contribution in [0.4, 0.5) is 4.39 Å². The van der Waals surface area contributed by atoms with Crippen LogP contribution in [0.3, 0.4) is 0 Å². The molecular formula is C18H17FN2O4. The van der Waals surface area contributed by atoms with Crippen molar-refractivity contribution in [2.75, 3.05) is 13.7 Å². The van der Waals surface area contributed by atoms with E-state index in [0.717, 1.165) is 6.42 Å². The molecule has 6 nitrogen and oxygen atoms in total. The van der Waals surface area contributed by atoms with Gasteiger partial charge in [-0.2, -0.15) is 0 Å². The number of amides is 1. The number of nitrogens with one attached hydrogen (secondary N) is 1. The minimum Gasteiger partial charge on any atom is -0.493 e. The third-order valence-corrected chi connectivity index (χ3v) is 3.92. The number of esters is 1. The SMILES string of the molecule is COC(=O)c1cccc(C(=O)N[C@@H]2CCCOc3ccc(F)cc32)n1. The number of halogens is 1. The molecule has 1 N–H and O–H groups in total. The van der Waals surface area contributed by atoms with Crippen LogP contribution in [0.1, 0.15) is 45.4 Å². The number of pyridine rings is 1. The molecule has 1 aromatic heterocycles. The third-order valence-electron chi connectivity index (χ3n) is 3.92. The van der Waals surface area contributed by atoms with Crippen LogP contribution in [0.25, 0.3) is 0 Å². The van der Waals surface area contributed by atoms with E-state index in [2.05, 4.69) is 15.0 Å². The number of fused-ring (bicyclic) bond motifs is 1. The monoisotopic (exact) mass is 344 g/mol. The fourth-order valence-corrected chi connectivity index (χ4v) is 2.71. The molecule has 0 saturated carbocycles. The number of nitrogens with zero attached hydrogens (tertiary/aromatic N) is 1. The summed E-state index contributed by atoms with van der Waals surface area (Å²) in [7, 11) is 1.24. The Labute approximate surface area is 144 Å². The van der Waals surface area contributed by atoms with Gasteiger partial charge in [-0.05, 0) is 43.2 Å². The van der Waals surface area contributed by atoms with Gasteiger partial charge in [0.2, 0.25) is 0 Å². The van der Waals surface area contributed by atoms with E-state index in [1.807, 2.05) is 0 Å². The van der Waals surface area contributed by atoms with E-state index in [1.165, 1.54) is 31.4 Å². The first kappa shape index (κ1) is 16.9. The van der Waals surface area contributed by atoms with Crippen LogP contribution in [0, 0.1) is 5.82 Å². The summed E-state index contributed by atoms with van der Waals surface area (Å²) < 4.78 is 23.8. The van der Waals surface area contributed by atoms with Crippen LogP contribution in [0.5, 0.6) is 5.75 Å². The highest BCUT2D eigenvalue weighted by molar-refractivity contribution is 5.94. The van der Waals surface area contributed by atoms with Gasteiger partial charge in [0.1, 0.15) is 23.0 Å². The van der Waals surface area contributed by atoms with E-state index in [9.17, 15) is 14.0 Å². The van der Waals surface area contributed by atoms with Crippen molar-refractivity contribution < 1.29 is 23.5 Å². The fraction of sp³-hybridized carbons (Fsp3) is 0.278. The zero-order chi connectivity index (χ0) is 17.8. The molecule has 1 aromatic carbocycles. The van der Waals surface area contributed by atoms with Crippen molar-refractivity contribution >= 4 is 11.9 Å². The van der Waals surface area contributed by atoms with E-state index in [4.69, 9.17) is 4.74 Å². The van der Waals surface area contributed by atoms with Crippen molar-refractivity contribution in [1.29, 1.82) is 0 Å². The number of hydrogen-bond donors (Lipinski definition) is 1. The Morgan fingerprint density at radius 2 is 2.08 bits per heavy atom. The van der Waals surface area contributed by atoms with Gasteiger partial charge in [0.15, 0.2) is 0 Å². The van der Waals surface area contributed by atoms with Crippen LogP contribution in [0.15, 0.2) is 36.4 Å². The molecule has 0 saturated heterocycles. The number of carbonyl (C=O) groups is 2. The van der Waals surface area contributed by atoms with E-state index < -0.39 is 23.7 Å². The van der Waals surface area contributed by atoms with E-state index in [0.29, 0.717) is 24.3 Å². The number of methoxy groups -OCH3 is 1. The van der Waals surface area contributed by atoms with E-state index in [1.54, 1.807) is 12.1 Å². The number of ether oxygens (including phenoxy) is 2. The number of aromatic nitrogens is 1. The lowest BCUT2D eigenvalue weighted by Gasteiger charge is -2.18. The van der Waals surface area contributed by atoms with Gasteiger partial charge < -0.3 is 14.8 Å². The van der Waals surface area contributed by atoms with Crippen molar-refractivity contribution in [2.24, 2.45) is 0 Å². The van der Waals surface area contributed by atoms with Crippen molar-refractivity contribution in [3.05, 3.63) is 59.2 Å². The van der Waals surface area contributed by atoms with Crippen molar-refractivity contribution in [3.8, 4) is 5.75 Å². The molecule has 0 fully saturated rings. The molecule has 130 valence electrons. The largest absolute Gasteiger partial charge is 0.493 e. The van der Waals surface area contributed by atoms with Gasteiger partial charge in [0, 0.05) is 5.56 Å². The van der Waals surface area contributed by atoms with Crippen LogP contribution in [-0.4, -0.2) is 30.6 Å². The summed E-state index contributed by atoms with van der Waals surface area (Å²) in [5.74, 6) is -0.910. The number of hydrogen-bond acceptors (Lipinski definition) is 5.